The molecule has 0 aliphatic heterocycles. The summed E-state index contributed by atoms with van der Waals surface area (Å²) in [5.41, 5.74) is 2.28. The topological polar surface area (TPSA) is 34.1 Å². The SMILES string of the molecule is CSC1=C(C)C(C)C(=C=O)C=C1C(C)=O. The molecule has 1 aliphatic carbocycles. The first kappa shape index (κ1) is 12.0. The number of thioether (sulfide) groups is 1. The maximum Gasteiger partial charge on any atom is 0.160 e. The number of ketones is 1. The summed E-state index contributed by atoms with van der Waals surface area (Å²) in [5, 5.41) is 0. The first-order valence-electron chi connectivity index (χ1n) is 4.75. The van der Waals surface area contributed by atoms with E-state index in [2.05, 4.69) is 0 Å². The van der Waals surface area contributed by atoms with Gasteiger partial charge in [0.1, 0.15) is 5.94 Å². The third-order valence-corrected chi connectivity index (χ3v) is 3.67. The van der Waals surface area contributed by atoms with E-state index in [0.717, 1.165) is 10.5 Å². The van der Waals surface area contributed by atoms with E-state index in [4.69, 9.17) is 0 Å². The average molecular weight is 222 g/mol. The fraction of sp³-hybridized carbons (Fsp3) is 0.417. The molecule has 1 atom stereocenters. The van der Waals surface area contributed by atoms with Crippen molar-refractivity contribution in [3.05, 3.63) is 27.7 Å². The van der Waals surface area contributed by atoms with Crippen LogP contribution in [0.25, 0.3) is 0 Å². The van der Waals surface area contributed by atoms with E-state index in [1.54, 1.807) is 17.8 Å². The summed E-state index contributed by atoms with van der Waals surface area (Å²) in [4.78, 5) is 23.1. The molecule has 0 radical (unpaired) electrons. The monoisotopic (exact) mass is 222 g/mol. The van der Waals surface area contributed by atoms with Gasteiger partial charge in [-0.1, -0.05) is 12.5 Å². The lowest BCUT2D eigenvalue weighted by molar-refractivity contribution is -0.113. The Hall–Kier alpha value is -1.05. The highest BCUT2D eigenvalue weighted by molar-refractivity contribution is 8.02. The van der Waals surface area contributed by atoms with Crippen molar-refractivity contribution < 1.29 is 9.59 Å². The number of carbonyl (C=O) groups is 1. The predicted molar refractivity (Wildman–Crippen MR) is 63.3 cm³/mol. The van der Waals surface area contributed by atoms with Gasteiger partial charge in [0.15, 0.2) is 5.78 Å². The van der Waals surface area contributed by atoms with Gasteiger partial charge >= 0.3 is 0 Å². The Kier molecular flexibility index (Phi) is 3.72. The lowest BCUT2D eigenvalue weighted by atomic mass is 9.86. The summed E-state index contributed by atoms with van der Waals surface area (Å²) >= 11 is 1.55. The zero-order chi connectivity index (χ0) is 11.6. The van der Waals surface area contributed by atoms with Crippen LogP contribution in [0, 0.1) is 5.92 Å². The summed E-state index contributed by atoms with van der Waals surface area (Å²) < 4.78 is 0. The van der Waals surface area contributed by atoms with Gasteiger partial charge in [0.2, 0.25) is 0 Å². The minimum atomic E-state index is -0.00153. The Morgan fingerprint density at radius 1 is 1.53 bits per heavy atom. The zero-order valence-electron chi connectivity index (χ0n) is 9.38. The van der Waals surface area contributed by atoms with Gasteiger partial charge in [-0.3, -0.25) is 4.79 Å². The van der Waals surface area contributed by atoms with Crippen LogP contribution in [0.2, 0.25) is 0 Å². The van der Waals surface area contributed by atoms with E-state index in [-0.39, 0.29) is 11.7 Å². The maximum absolute atomic E-state index is 11.4. The molecule has 0 aromatic rings. The van der Waals surface area contributed by atoms with Crippen molar-refractivity contribution in [2.24, 2.45) is 5.92 Å². The smallest absolute Gasteiger partial charge is 0.160 e. The van der Waals surface area contributed by atoms with Gasteiger partial charge in [-0.2, -0.15) is 0 Å². The summed E-state index contributed by atoms with van der Waals surface area (Å²) in [7, 11) is 0. The summed E-state index contributed by atoms with van der Waals surface area (Å²) in [5.74, 6) is 1.97. The van der Waals surface area contributed by atoms with E-state index in [1.807, 2.05) is 26.0 Å². The molecule has 1 unspecified atom stereocenters. The number of Topliss-reactive ketones (excluding diaryl/α,β-unsaturated/α-hetero) is 1. The molecular formula is C12H14O2S. The van der Waals surface area contributed by atoms with Crippen LogP contribution in [0.4, 0.5) is 0 Å². The normalized spacial score (nSPS) is 21.2. The van der Waals surface area contributed by atoms with E-state index >= 15 is 0 Å². The zero-order valence-corrected chi connectivity index (χ0v) is 10.2. The quantitative estimate of drug-likeness (QED) is 0.673. The van der Waals surface area contributed by atoms with Crippen molar-refractivity contribution >= 4 is 23.5 Å². The van der Waals surface area contributed by atoms with Crippen LogP contribution in [-0.4, -0.2) is 18.0 Å². The van der Waals surface area contributed by atoms with Crippen LogP contribution in [-0.2, 0) is 9.59 Å². The molecule has 0 heterocycles. The minimum Gasteiger partial charge on any atom is -0.294 e. The van der Waals surface area contributed by atoms with Gasteiger partial charge in [-0.15, -0.1) is 11.8 Å². The van der Waals surface area contributed by atoms with E-state index in [0.29, 0.717) is 11.1 Å². The van der Waals surface area contributed by atoms with Crippen LogP contribution >= 0.6 is 11.8 Å². The molecule has 80 valence electrons. The molecule has 0 aromatic heterocycles. The third kappa shape index (κ3) is 2.14. The maximum atomic E-state index is 11.4. The molecule has 0 spiro atoms. The fourth-order valence-electron chi connectivity index (χ4n) is 1.64. The highest BCUT2D eigenvalue weighted by atomic mass is 32.2. The summed E-state index contributed by atoms with van der Waals surface area (Å²) in [6.07, 6.45) is 3.61. The van der Waals surface area contributed by atoms with Crippen LogP contribution < -0.4 is 0 Å². The minimum absolute atomic E-state index is 0.00153. The predicted octanol–water partition coefficient (Wildman–Crippen LogP) is 2.55. The third-order valence-electron chi connectivity index (χ3n) is 2.72. The van der Waals surface area contributed by atoms with E-state index in [1.165, 1.54) is 6.92 Å². The molecule has 0 fully saturated rings. The Morgan fingerprint density at radius 3 is 2.53 bits per heavy atom. The van der Waals surface area contributed by atoms with E-state index < -0.39 is 0 Å². The molecule has 0 saturated carbocycles. The molecule has 1 aliphatic rings. The van der Waals surface area contributed by atoms with Gasteiger partial charge in [-0.25, -0.2) is 4.79 Å². The molecule has 1 rings (SSSR count). The molecule has 0 aromatic carbocycles. The van der Waals surface area contributed by atoms with Crippen LogP contribution in [0.3, 0.4) is 0 Å². The summed E-state index contributed by atoms with van der Waals surface area (Å²) in [6.45, 7) is 5.44. The Balaban J connectivity index is 3.36. The molecule has 0 N–H and O–H groups in total. The van der Waals surface area contributed by atoms with Crippen LogP contribution in [0.15, 0.2) is 27.7 Å². The van der Waals surface area contributed by atoms with Crippen molar-refractivity contribution in [3.63, 3.8) is 0 Å². The molecule has 15 heavy (non-hydrogen) atoms. The number of hydrogen-bond donors (Lipinski definition) is 0. The van der Waals surface area contributed by atoms with Crippen molar-refractivity contribution in [1.29, 1.82) is 0 Å². The Morgan fingerprint density at radius 2 is 2.13 bits per heavy atom. The standard InChI is InChI=1S/C12H14O2S/c1-7-8(2)12(15-4)11(9(3)14)5-10(7)6-13/h5,7H,1-4H3. The molecule has 0 saturated heterocycles. The van der Waals surface area contributed by atoms with Gasteiger partial charge in [0.05, 0.1) is 0 Å². The Labute approximate surface area is 94.1 Å². The highest BCUT2D eigenvalue weighted by Crippen LogP contribution is 2.37. The molecule has 0 amide bonds. The Bertz CT molecular complexity index is 409. The summed E-state index contributed by atoms with van der Waals surface area (Å²) in [6, 6.07) is 0. The van der Waals surface area contributed by atoms with Crippen molar-refractivity contribution in [1.82, 2.24) is 0 Å². The lowest BCUT2D eigenvalue weighted by Crippen LogP contribution is -2.13. The second-order valence-electron chi connectivity index (χ2n) is 3.61. The first-order chi connectivity index (χ1) is 7.02. The number of rotatable bonds is 2. The number of carbonyl (C=O) groups excluding carboxylic acids is 2. The van der Waals surface area contributed by atoms with Crippen molar-refractivity contribution in [3.8, 4) is 0 Å². The number of allylic oxidation sites excluding steroid dienone is 4. The number of hydrogen-bond acceptors (Lipinski definition) is 3. The second-order valence-corrected chi connectivity index (χ2v) is 4.43. The first-order valence-corrected chi connectivity index (χ1v) is 5.98. The highest BCUT2D eigenvalue weighted by Gasteiger charge is 2.24. The van der Waals surface area contributed by atoms with Gasteiger partial charge < -0.3 is 0 Å². The van der Waals surface area contributed by atoms with Gasteiger partial charge in [-0.05, 0) is 26.2 Å². The molecular weight excluding hydrogens is 208 g/mol. The fourth-order valence-corrected chi connectivity index (χ4v) is 2.56. The largest absolute Gasteiger partial charge is 0.294 e. The molecule has 2 nitrogen and oxygen atoms in total. The van der Waals surface area contributed by atoms with Gasteiger partial charge in [0, 0.05) is 22.0 Å². The van der Waals surface area contributed by atoms with Gasteiger partial charge in [0.25, 0.3) is 0 Å². The lowest BCUT2D eigenvalue weighted by Gasteiger charge is -2.22. The van der Waals surface area contributed by atoms with Crippen molar-refractivity contribution in [2.75, 3.05) is 6.26 Å². The van der Waals surface area contributed by atoms with Crippen molar-refractivity contribution in [2.45, 2.75) is 20.8 Å². The van der Waals surface area contributed by atoms with Crippen LogP contribution in [0.5, 0.6) is 0 Å². The van der Waals surface area contributed by atoms with E-state index in [9.17, 15) is 9.59 Å². The second kappa shape index (κ2) is 4.65. The average Bonchev–Trinajstić information content (AvgIpc) is 2.21. The van der Waals surface area contributed by atoms with Crippen LogP contribution in [0.1, 0.15) is 20.8 Å². The molecule has 0 bridgehead atoms. The molecule has 3 heteroatoms.